The van der Waals surface area contributed by atoms with Crippen molar-refractivity contribution in [1.29, 1.82) is 0 Å². The molecule has 0 saturated heterocycles. The molecule has 146 valence electrons. The van der Waals surface area contributed by atoms with Crippen molar-refractivity contribution < 1.29 is 9.47 Å². The summed E-state index contributed by atoms with van der Waals surface area (Å²) in [6, 6.07) is 8.85. The average molecular weight is 486 g/mol. The summed E-state index contributed by atoms with van der Waals surface area (Å²) in [7, 11) is 1.56. The molecule has 0 amide bonds. The monoisotopic (exact) mass is 484 g/mol. The van der Waals surface area contributed by atoms with Gasteiger partial charge >= 0.3 is 0 Å². The topological polar surface area (TPSA) is 99.6 Å². The van der Waals surface area contributed by atoms with Crippen molar-refractivity contribution in [3.63, 3.8) is 0 Å². The van der Waals surface area contributed by atoms with E-state index in [1.807, 2.05) is 12.1 Å². The zero-order valence-electron chi connectivity index (χ0n) is 14.6. The standard InChI is InChI=1S/C17H15BrCl2N6O2/c1-27-15-5-10(7-22-24-17-25-23-9-26(17)21)4-13(18)16(15)28-8-11-2-3-12(19)6-14(11)20/h2-7,9H,8,21H2,1H3,(H,24,25)/b22-7+. The number of hydrazone groups is 1. The van der Waals surface area contributed by atoms with Gasteiger partial charge in [0.15, 0.2) is 11.5 Å². The van der Waals surface area contributed by atoms with E-state index in [4.69, 9.17) is 38.5 Å². The van der Waals surface area contributed by atoms with Crippen molar-refractivity contribution in [2.45, 2.75) is 6.61 Å². The third-order valence-corrected chi connectivity index (χ3v) is 4.77. The van der Waals surface area contributed by atoms with Gasteiger partial charge in [0.25, 0.3) is 5.95 Å². The van der Waals surface area contributed by atoms with Gasteiger partial charge in [-0.3, -0.25) is 0 Å². The predicted molar refractivity (Wildman–Crippen MR) is 113 cm³/mol. The SMILES string of the molecule is COc1cc(/C=N/Nc2nncn2N)cc(Br)c1OCc1ccc(Cl)cc1Cl. The minimum atomic E-state index is 0.256. The van der Waals surface area contributed by atoms with E-state index in [1.165, 1.54) is 11.0 Å². The maximum atomic E-state index is 6.19. The number of halogens is 3. The van der Waals surface area contributed by atoms with Gasteiger partial charge in [0, 0.05) is 15.6 Å². The van der Waals surface area contributed by atoms with Crippen LogP contribution in [0.2, 0.25) is 10.0 Å². The van der Waals surface area contributed by atoms with Gasteiger partial charge in [-0.05, 0) is 45.8 Å². The average Bonchev–Trinajstić information content (AvgIpc) is 3.06. The number of hydrogen-bond acceptors (Lipinski definition) is 7. The van der Waals surface area contributed by atoms with Crippen molar-refractivity contribution in [2.24, 2.45) is 5.10 Å². The molecule has 8 nitrogen and oxygen atoms in total. The van der Waals surface area contributed by atoms with Crippen molar-refractivity contribution in [3.8, 4) is 11.5 Å². The number of ether oxygens (including phenoxy) is 2. The van der Waals surface area contributed by atoms with E-state index in [-0.39, 0.29) is 6.61 Å². The smallest absolute Gasteiger partial charge is 0.263 e. The Hall–Kier alpha value is -2.49. The number of nitrogens with two attached hydrogens (primary N) is 1. The van der Waals surface area contributed by atoms with Crippen LogP contribution in [0, 0.1) is 0 Å². The van der Waals surface area contributed by atoms with Crippen LogP contribution in [-0.4, -0.2) is 28.2 Å². The Bertz CT molecular complexity index is 1010. The lowest BCUT2D eigenvalue weighted by atomic mass is 10.2. The Kier molecular flexibility index (Phi) is 6.61. The second kappa shape index (κ2) is 9.13. The number of nitrogens with zero attached hydrogens (tertiary/aromatic N) is 4. The van der Waals surface area contributed by atoms with Gasteiger partial charge in [-0.1, -0.05) is 29.3 Å². The molecule has 0 bridgehead atoms. The second-order valence-electron chi connectivity index (χ2n) is 5.49. The molecule has 1 heterocycles. The highest BCUT2D eigenvalue weighted by molar-refractivity contribution is 9.10. The maximum absolute atomic E-state index is 6.19. The molecule has 3 rings (SSSR count). The molecule has 0 fully saturated rings. The molecule has 1 aromatic heterocycles. The minimum absolute atomic E-state index is 0.256. The third kappa shape index (κ3) is 4.86. The molecule has 0 aliphatic heterocycles. The first-order chi connectivity index (χ1) is 13.5. The Labute approximate surface area is 179 Å². The van der Waals surface area contributed by atoms with Crippen LogP contribution in [0.5, 0.6) is 11.5 Å². The number of aromatic nitrogens is 3. The molecular weight excluding hydrogens is 471 g/mol. The van der Waals surface area contributed by atoms with Crippen molar-refractivity contribution in [1.82, 2.24) is 14.9 Å². The van der Waals surface area contributed by atoms with E-state index in [1.54, 1.807) is 31.5 Å². The van der Waals surface area contributed by atoms with Crippen molar-refractivity contribution in [2.75, 3.05) is 18.4 Å². The van der Waals surface area contributed by atoms with E-state index < -0.39 is 0 Å². The number of methoxy groups -OCH3 is 1. The number of rotatable bonds is 7. The largest absolute Gasteiger partial charge is 0.493 e. The first-order valence-electron chi connectivity index (χ1n) is 7.86. The summed E-state index contributed by atoms with van der Waals surface area (Å²) in [5.74, 6) is 6.98. The summed E-state index contributed by atoms with van der Waals surface area (Å²) in [4.78, 5) is 0. The number of nitrogens with one attached hydrogen (secondary N) is 1. The zero-order chi connectivity index (χ0) is 20.1. The molecule has 0 atom stereocenters. The molecule has 0 spiro atoms. The van der Waals surface area contributed by atoms with E-state index in [2.05, 4.69) is 36.7 Å². The molecular formula is C17H15BrCl2N6O2. The Morgan fingerprint density at radius 3 is 2.82 bits per heavy atom. The van der Waals surface area contributed by atoms with Gasteiger partial charge in [-0.2, -0.15) is 5.10 Å². The predicted octanol–water partition coefficient (Wildman–Crippen LogP) is 4.09. The van der Waals surface area contributed by atoms with Crippen molar-refractivity contribution in [3.05, 3.63) is 62.3 Å². The van der Waals surface area contributed by atoms with E-state index in [0.29, 0.717) is 32.0 Å². The van der Waals surface area contributed by atoms with Crippen LogP contribution < -0.4 is 20.7 Å². The van der Waals surface area contributed by atoms with Gasteiger partial charge in [-0.15, -0.1) is 10.2 Å². The van der Waals surface area contributed by atoms with Crippen LogP contribution in [0.1, 0.15) is 11.1 Å². The fraction of sp³-hybridized carbons (Fsp3) is 0.118. The normalized spacial score (nSPS) is 11.0. The summed E-state index contributed by atoms with van der Waals surface area (Å²) in [6.07, 6.45) is 2.94. The molecule has 0 radical (unpaired) electrons. The summed E-state index contributed by atoms with van der Waals surface area (Å²) in [6.45, 7) is 0.256. The summed E-state index contributed by atoms with van der Waals surface area (Å²) >= 11 is 15.6. The van der Waals surface area contributed by atoms with Crippen LogP contribution in [0.25, 0.3) is 0 Å². The summed E-state index contributed by atoms with van der Waals surface area (Å²) < 4.78 is 13.3. The Balaban J connectivity index is 1.74. The lowest BCUT2D eigenvalue weighted by Crippen LogP contribution is -2.10. The van der Waals surface area contributed by atoms with Crippen LogP contribution >= 0.6 is 39.1 Å². The van der Waals surface area contributed by atoms with Crippen LogP contribution in [0.4, 0.5) is 5.95 Å². The van der Waals surface area contributed by atoms with Crippen LogP contribution in [0.3, 0.4) is 0 Å². The van der Waals surface area contributed by atoms with Gasteiger partial charge in [0.05, 0.1) is 17.8 Å². The molecule has 3 N–H and O–H groups in total. The highest BCUT2D eigenvalue weighted by Crippen LogP contribution is 2.37. The maximum Gasteiger partial charge on any atom is 0.263 e. The number of nitrogen functional groups attached to an aromatic ring is 1. The fourth-order valence-corrected chi connectivity index (χ4v) is 3.27. The van der Waals surface area contributed by atoms with E-state index >= 15 is 0 Å². The number of benzene rings is 2. The van der Waals surface area contributed by atoms with Gasteiger partial charge in [0.2, 0.25) is 0 Å². The molecule has 2 aromatic carbocycles. The molecule has 11 heteroatoms. The Morgan fingerprint density at radius 1 is 1.32 bits per heavy atom. The van der Waals surface area contributed by atoms with Gasteiger partial charge in [0.1, 0.15) is 12.9 Å². The third-order valence-electron chi connectivity index (χ3n) is 3.59. The first kappa shape index (κ1) is 20.2. The summed E-state index contributed by atoms with van der Waals surface area (Å²) in [5, 5.41) is 12.6. The number of hydrogen-bond donors (Lipinski definition) is 2. The first-order valence-corrected chi connectivity index (χ1v) is 9.41. The molecule has 28 heavy (non-hydrogen) atoms. The highest BCUT2D eigenvalue weighted by Gasteiger charge is 2.12. The lowest BCUT2D eigenvalue weighted by molar-refractivity contribution is 0.282. The molecule has 0 aliphatic rings. The molecule has 0 saturated carbocycles. The molecule has 0 unspecified atom stereocenters. The fourth-order valence-electron chi connectivity index (χ4n) is 2.23. The number of anilines is 1. The second-order valence-corrected chi connectivity index (χ2v) is 7.19. The van der Waals surface area contributed by atoms with Crippen molar-refractivity contribution >= 4 is 51.3 Å². The zero-order valence-corrected chi connectivity index (χ0v) is 17.7. The van der Waals surface area contributed by atoms with Crippen LogP contribution in [-0.2, 0) is 6.61 Å². The van der Waals surface area contributed by atoms with Crippen LogP contribution in [0.15, 0.2) is 46.2 Å². The molecule has 0 aliphatic carbocycles. The lowest BCUT2D eigenvalue weighted by Gasteiger charge is -2.14. The van der Waals surface area contributed by atoms with E-state index in [9.17, 15) is 0 Å². The molecule has 3 aromatic rings. The summed E-state index contributed by atoms with van der Waals surface area (Å²) in [5.41, 5.74) is 4.26. The quantitative estimate of drug-likeness (QED) is 0.297. The van der Waals surface area contributed by atoms with Gasteiger partial charge < -0.3 is 15.3 Å². The Morgan fingerprint density at radius 2 is 2.14 bits per heavy atom. The highest BCUT2D eigenvalue weighted by atomic mass is 79.9. The minimum Gasteiger partial charge on any atom is -0.493 e. The van der Waals surface area contributed by atoms with Gasteiger partial charge in [-0.25, -0.2) is 10.1 Å². The van der Waals surface area contributed by atoms with E-state index in [0.717, 1.165) is 11.1 Å².